The van der Waals surface area contributed by atoms with Crippen LogP contribution in [0.5, 0.6) is 5.75 Å². The Labute approximate surface area is 177 Å². The van der Waals surface area contributed by atoms with E-state index >= 15 is 0 Å². The van der Waals surface area contributed by atoms with Crippen molar-refractivity contribution in [1.29, 1.82) is 0 Å². The number of hydrogen-bond donors (Lipinski definition) is 2. The van der Waals surface area contributed by atoms with E-state index < -0.39 is 5.82 Å². The Bertz CT molecular complexity index is 879. The first-order valence-corrected chi connectivity index (χ1v) is 10.1. The second kappa shape index (κ2) is 11.0. The van der Waals surface area contributed by atoms with Gasteiger partial charge in [-0.05, 0) is 55.2 Å². The number of halogens is 2. The molecule has 0 fully saturated rings. The third-order valence-corrected chi connectivity index (χ3v) is 5.22. The van der Waals surface area contributed by atoms with E-state index in [1.807, 2.05) is 56.3 Å². The van der Waals surface area contributed by atoms with E-state index in [9.17, 15) is 9.50 Å². The van der Waals surface area contributed by atoms with Crippen molar-refractivity contribution in [2.75, 3.05) is 19.0 Å². The number of anilines is 1. The number of aliphatic hydroxyl groups excluding tert-OH is 1. The molecule has 3 nitrogen and oxygen atoms in total. The zero-order valence-corrected chi connectivity index (χ0v) is 18.1. The summed E-state index contributed by atoms with van der Waals surface area (Å²) < 4.78 is 19.6. The van der Waals surface area contributed by atoms with Crippen LogP contribution in [-0.2, 0) is 0 Å². The highest BCUT2D eigenvalue weighted by Gasteiger charge is 2.20. The summed E-state index contributed by atoms with van der Waals surface area (Å²) in [7, 11) is 1.47. The van der Waals surface area contributed by atoms with Gasteiger partial charge in [0.2, 0.25) is 0 Å². The first kappa shape index (κ1) is 23.0. The van der Waals surface area contributed by atoms with Crippen molar-refractivity contribution in [1.82, 2.24) is 0 Å². The lowest BCUT2D eigenvalue weighted by Crippen LogP contribution is -2.13. The summed E-state index contributed by atoms with van der Waals surface area (Å²) in [5.74, 6) is -0.167. The van der Waals surface area contributed by atoms with Crippen LogP contribution in [-0.4, -0.2) is 18.8 Å². The first-order valence-electron chi connectivity index (χ1n) is 9.75. The van der Waals surface area contributed by atoms with E-state index in [0.717, 1.165) is 22.5 Å². The molecule has 0 spiro atoms. The van der Waals surface area contributed by atoms with E-state index in [2.05, 4.69) is 12.2 Å². The van der Waals surface area contributed by atoms with E-state index in [0.29, 0.717) is 11.4 Å². The van der Waals surface area contributed by atoms with Crippen LogP contribution in [0.4, 0.5) is 10.1 Å². The van der Waals surface area contributed by atoms with Gasteiger partial charge >= 0.3 is 0 Å². The van der Waals surface area contributed by atoms with Gasteiger partial charge < -0.3 is 15.2 Å². The summed E-state index contributed by atoms with van der Waals surface area (Å²) in [5, 5.41) is 13.5. The first-order chi connectivity index (χ1) is 13.9. The van der Waals surface area contributed by atoms with Crippen molar-refractivity contribution in [3.05, 3.63) is 82.3 Å². The highest BCUT2D eigenvalue weighted by molar-refractivity contribution is 6.30. The molecule has 2 N–H and O–H groups in total. The van der Waals surface area contributed by atoms with Crippen LogP contribution in [0.1, 0.15) is 44.2 Å². The fourth-order valence-electron chi connectivity index (χ4n) is 3.29. The molecule has 0 aromatic heterocycles. The van der Waals surface area contributed by atoms with Crippen LogP contribution in [0.2, 0.25) is 5.02 Å². The largest absolute Gasteiger partial charge is 0.493 e. The fraction of sp³-hybridized carbons (Fsp3) is 0.333. The predicted octanol–water partition coefficient (Wildman–Crippen LogP) is 6.53. The molecule has 2 aromatic rings. The van der Waals surface area contributed by atoms with Crippen LogP contribution >= 0.6 is 11.6 Å². The molecular weight excluding hydrogens is 389 g/mol. The lowest BCUT2D eigenvalue weighted by atomic mass is 9.90. The summed E-state index contributed by atoms with van der Waals surface area (Å²) in [6, 6.07) is 10.6. The van der Waals surface area contributed by atoms with Crippen molar-refractivity contribution in [2.24, 2.45) is 5.92 Å². The third kappa shape index (κ3) is 5.84. The molecule has 5 heteroatoms. The highest BCUT2D eigenvalue weighted by Crippen LogP contribution is 2.38. The van der Waals surface area contributed by atoms with Crippen molar-refractivity contribution < 1.29 is 14.2 Å². The maximum atomic E-state index is 14.2. The molecule has 0 heterocycles. The molecule has 156 valence electrons. The maximum absolute atomic E-state index is 14.2. The molecule has 0 saturated carbocycles. The minimum atomic E-state index is -0.390. The van der Waals surface area contributed by atoms with Gasteiger partial charge in [0.05, 0.1) is 7.11 Å². The average Bonchev–Trinajstić information content (AvgIpc) is 2.71. The van der Waals surface area contributed by atoms with Crippen LogP contribution < -0.4 is 10.1 Å². The zero-order valence-electron chi connectivity index (χ0n) is 17.4. The molecule has 0 aliphatic carbocycles. The fourth-order valence-corrected chi connectivity index (χ4v) is 3.47. The SMILES string of the molecule is C/C=C\C=C(/Nc1ccc(Cl)cc1C(C)c1cccc(F)c1OC)C(C)CCO. The minimum absolute atomic E-state index is 0.112. The zero-order chi connectivity index (χ0) is 21.4. The number of aliphatic hydroxyl groups is 1. The number of hydrogen-bond acceptors (Lipinski definition) is 3. The standard InChI is InChI=1S/C24H29ClFNO2/c1-5-6-10-22(16(2)13-14-28)27-23-12-11-18(25)15-20(23)17(3)19-8-7-9-21(26)24(19)29-4/h5-12,15-17,27-28H,13-14H2,1-4H3/b6-5-,22-10-. The number of nitrogens with one attached hydrogen (secondary N) is 1. The van der Waals surface area contributed by atoms with Crippen molar-refractivity contribution >= 4 is 17.3 Å². The second-order valence-corrected chi connectivity index (χ2v) is 7.44. The van der Waals surface area contributed by atoms with Crippen LogP contribution in [0.3, 0.4) is 0 Å². The quantitative estimate of drug-likeness (QED) is 0.456. The Morgan fingerprint density at radius 1 is 1.24 bits per heavy atom. The summed E-state index contributed by atoms with van der Waals surface area (Å²) in [6.07, 6.45) is 6.57. The van der Waals surface area contributed by atoms with Crippen molar-refractivity contribution in [3.8, 4) is 5.75 Å². The summed E-state index contributed by atoms with van der Waals surface area (Å²) in [6.45, 7) is 6.13. The topological polar surface area (TPSA) is 41.5 Å². The summed E-state index contributed by atoms with van der Waals surface area (Å²) in [5.41, 5.74) is 3.55. The number of ether oxygens (including phenoxy) is 1. The van der Waals surface area contributed by atoms with Gasteiger partial charge in [0.1, 0.15) is 0 Å². The predicted molar refractivity (Wildman–Crippen MR) is 119 cm³/mol. The minimum Gasteiger partial charge on any atom is -0.493 e. The molecule has 2 atom stereocenters. The van der Waals surface area contributed by atoms with Gasteiger partial charge in [0.25, 0.3) is 0 Å². The lowest BCUT2D eigenvalue weighted by molar-refractivity contribution is 0.271. The Hall–Kier alpha value is -2.30. The Balaban J connectivity index is 2.50. The molecule has 0 aliphatic rings. The number of allylic oxidation sites excluding steroid dienone is 4. The van der Waals surface area contributed by atoms with Crippen molar-refractivity contribution in [2.45, 2.75) is 33.1 Å². The number of rotatable bonds is 9. The van der Waals surface area contributed by atoms with Gasteiger partial charge in [-0.3, -0.25) is 0 Å². The lowest BCUT2D eigenvalue weighted by Gasteiger charge is -2.23. The second-order valence-electron chi connectivity index (χ2n) is 7.00. The van der Waals surface area contributed by atoms with E-state index in [1.165, 1.54) is 13.2 Å². The van der Waals surface area contributed by atoms with Gasteiger partial charge in [-0.1, -0.05) is 49.7 Å². The number of benzene rings is 2. The van der Waals surface area contributed by atoms with Crippen LogP contribution in [0.15, 0.2) is 60.3 Å². The van der Waals surface area contributed by atoms with Crippen LogP contribution in [0, 0.1) is 11.7 Å². The van der Waals surface area contributed by atoms with Gasteiger partial charge in [0.15, 0.2) is 11.6 Å². The molecule has 0 saturated heterocycles. The maximum Gasteiger partial charge on any atom is 0.165 e. The molecule has 2 rings (SSSR count). The molecule has 0 bridgehead atoms. The Morgan fingerprint density at radius 3 is 2.66 bits per heavy atom. The summed E-state index contributed by atoms with van der Waals surface area (Å²) >= 11 is 6.29. The van der Waals surface area contributed by atoms with Crippen LogP contribution in [0.25, 0.3) is 0 Å². The molecule has 0 radical (unpaired) electrons. The highest BCUT2D eigenvalue weighted by atomic mass is 35.5. The van der Waals surface area contributed by atoms with E-state index in [-0.39, 0.29) is 24.2 Å². The smallest absolute Gasteiger partial charge is 0.165 e. The monoisotopic (exact) mass is 417 g/mol. The Kier molecular flexibility index (Phi) is 8.74. The van der Waals surface area contributed by atoms with Gasteiger partial charge in [-0.15, -0.1) is 0 Å². The molecule has 0 aliphatic heterocycles. The molecule has 0 amide bonds. The van der Waals surface area contributed by atoms with Gasteiger partial charge in [0, 0.05) is 34.5 Å². The third-order valence-electron chi connectivity index (χ3n) is 4.99. The molecule has 2 unspecified atom stereocenters. The molecule has 2 aromatic carbocycles. The Morgan fingerprint density at radius 2 is 2.00 bits per heavy atom. The van der Waals surface area contributed by atoms with E-state index in [4.69, 9.17) is 16.3 Å². The molecular formula is C24H29ClFNO2. The van der Waals surface area contributed by atoms with Gasteiger partial charge in [-0.25, -0.2) is 4.39 Å². The summed E-state index contributed by atoms with van der Waals surface area (Å²) in [4.78, 5) is 0. The number of methoxy groups -OCH3 is 1. The van der Waals surface area contributed by atoms with E-state index in [1.54, 1.807) is 6.07 Å². The van der Waals surface area contributed by atoms with Crippen molar-refractivity contribution in [3.63, 3.8) is 0 Å². The number of para-hydroxylation sites is 1. The average molecular weight is 418 g/mol. The van der Waals surface area contributed by atoms with Gasteiger partial charge in [-0.2, -0.15) is 0 Å². The normalized spacial score (nSPS) is 14.1. The molecule has 29 heavy (non-hydrogen) atoms.